The Labute approximate surface area is 115 Å². The largest absolute Gasteiger partial charge is 0.317 e. The number of nitrogens with one attached hydrogen (secondary N) is 1. The van der Waals surface area contributed by atoms with Crippen molar-refractivity contribution < 1.29 is 8.78 Å². The average Bonchev–Trinajstić information content (AvgIpc) is 2.25. The van der Waals surface area contributed by atoms with Crippen LogP contribution in [0.25, 0.3) is 0 Å². The molecule has 0 heterocycles. The van der Waals surface area contributed by atoms with Crippen molar-refractivity contribution in [3.63, 3.8) is 0 Å². The fraction of sp³-hybridized carbons (Fsp3) is 0.625. The van der Waals surface area contributed by atoms with Crippen LogP contribution in [0.3, 0.4) is 0 Å². The van der Waals surface area contributed by atoms with Gasteiger partial charge in [0, 0.05) is 12.1 Å². The molecule has 0 bridgehead atoms. The minimum atomic E-state index is -0.506. The number of halogens is 2. The second kappa shape index (κ2) is 6.47. The molecule has 0 saturated carbocycles. The third kappa shape index (κ3) is 5.27. The van der Waals surface area contributed by atoms with Gasteiger partial charge in [0.1, 0.15) is 11.6 Å². The van der Waals surface area contributed by atoms with E-state index in [9.17, 15) is 8.78 Å². The van der Waals surface area contributed by atoms with Gasteiger partial charge in [-0.3, -0.25) is 0 Å². The van der Waals surface area contributed by atoms with Crippen LogP contribution < -0.4 is 5.32 Å². The summed E-state index contributed by atoms with van der Waals surface area (Å²) in [6.07, 6.45) is 1.63. The second-order valence-corrected chi connectivity index (χ2v) is 6.47. The van der Waals surface area contributed by atoms with Crippen molar-refractivity contribution in [3.05, 3.63) is 35.4 Å². The molecule has 1 rings (SSSR count). The number of hydrogen-bond donors (Lipinski definition) is 1. The average molecular weight is 269 g/mol. The Morgan fingerprint density at radius 1 is 1.11 bits per heavy atom. The highest BCUT2D eigenvalue weighted by atomic mass is 19.1. The Balaban J connectivity index is 2.71. The summed E-state index contributed by atoms with van der Waals surface area (Å²) in [5.41, 5.74) is 0.945. The third-order valence-electron chi connectivity index (χ3n) is 3.93. The zero-order chi connectivity index (χ0) is 14.6. The lowest BCUT2D eigenvalue weighted by molar-refractivity contribution is 0.225. The van der Waals surface area contributed by atoms with Crippen LogP contribution in [-0.4, -0.2) is 13.1 Å². The molecule has 0 spiro atoms. The Kier molecular flexibility index (Phi) is 5.48. The third-order valence-corrected chi connectivity index (χ3v) is 3.93. The fourth-order valence-corrected chi connectivity index (χ4v) is 2.10. The Hall–Kier alpha value is -0.960. The number of rotatable bonds is 5. The summed E-state index contributed by atoms with van der Waals surface area (Å²) < 4.78 is 26.3. The first-order valence-electron chi connectivity index (χ1n) is 6.84. The summed E-state index contributed by atoms with van der Waals surface area (Å²) in [6.45, 7) is 8.86. The van der Waals surface area contributed by atoms with Crippen LogP contribution in [0.4, 0.5) is 8.78 Å². The van der Waals surface area contributed by atoms with Crippen LogP contribution in [0.2, 0.25) is 0 Å². The van der Waals surface area contributed by atoms with Gasteiger partial charge in [0.15, 0.2) is 0 Å². The van der Waals surface area contributed by atoms with Gasteiger partial charge in [0.05, 0.1) is 0 Å². The zero-order valence-corrected chi connectivity index (χ0v) is 12.6. The maximum absolute atomic E-state index is 13.2. The Morgan fingerprint density at radius 2 is 1.63 bits per heavy atom. The normalized spacial score (nSPS) is 15.3. The molecule has 1 nitrogen and oxygen atoms in total. The monoisotopic (exact) mass is 269 g/mol. The van der Waals surface area contributed by atoms with Gasteiger partial charge in [0.25, 0.3) is 0 Å². The molecule has 0 saturated heterocycles. The van der Waals surface area contributed by atoms with Gasteiger partial charge in [0.2, 0.25) is 0 Å². The topological polar surface area (TPSA) is 12.0 Å². The predicted molar refractivity (Wildman–Crippen MR) is 76.1 cm³/mol. The van der Waals surface area contributed by atoms with Crippen molar-refractivity contribution in [1.82, 2.24) is 5.32 Å². The van der Waals surface area contributed by atoms with Crippen molar-refractivity contribution in [2.24, 2.45) is 11.3 Å². The zero-order valence-electron chi connectivity index (χ0n) is 12.6. The van der Waals surface area contributed by atoms with Crippen LogP contribution in [0.15, 0.2) is 18.2 Å². The first-order valence-corrected chi connectivity index (χ1v) is 6.84. The molecule has 0 aliphatic carbocycles. The molecule has 0 aliphatic heterocycles. The number of benzene rings is 1. The molecule has 0 aromatic heterocycles. The van der Waals surface area contributed by atoms with Crippen LogP contribution in [-0.2, 0) is 6.42 Å². The molecular weight excluding hydrogens is 244 g/mol. The summed E-state index contributed by atoms with van der Waals surface area (Å²) in [5.74, 6) is -0.481. The van der Waals surface area contributed by atoms with Gasteiger partial charge < -0.3 is 5.32 Å². The molecule has 0 fully saturated rings. The van der Waals surface area contributed by atoms with E-state index in [0.29, 0.717) is 17.9 Å². The minimum Gasteiger partial charge on any atom is -0.317 e. The van der Waals surface area contributed by atoms with E-state index in [1.165, 1.54) is 12.1 Å². The van der Waals surface area contributed by atoms with Crippen LogP contribution in [0, 0.1) is 23.0 Å². The van der Waals surface area contributed by atoms with Crippen molar-refractivity contribution in [2.75, 3.05) is 7.05 Å². The van der Waals surface area contributed by atoms with Crippen LogP contribution in [0.5, 0.6) is 0 Å². The maximum Gasteiger partial charge on any atom is 0.126 e. The molecule has 108 valence electrons. The molecular formula is C16H25F2N. The highest BCUT2D eigenvalue weighted by Gasteiger charge is 2.23. The van der Waals surface area contributed by atoms with Gasteiger partial charge in [-0.05, 0) is 48.9 Å². The first kappa shape index (κ1) is 16.1. The lowest BCUT2D eigenvalue weighted by Gasteiger charge is -2.30. The summed E-state index contributed by atoms with van der Waals surface area (Å²) in [6, 6.07) is 3.97. The van der Waals surface area contributed by atoms with Crippen molar-refractivity contribution in [2.45, 2.75) is 46.6 Å². The summed E-state index contributed by atoms with van der Waals surface area (Å²) in [4.78, 5) is 0. The van der Waals surface area contributed by atoms with E-state index < -0.39 is 11.6 Å². The molecule has 0 radical (unpaired) electrons. The van der Waals surface area contributed by atoms with Gasteiger partial charge >= 0.3 is 0 Å². The van der Waals surface area contributed by atoms with E-state index in [4.69, 9.17) is 0 Å². The highest BCUT2D eigenvalue weighted by molar-refractivity contribution is 5.19. The van der Waals surface area contributed by atoms with Crippen molar-refractivity contribution in [1.29, 1.82) is 0 Å². The van der Waals surface area contributed by atoms with Gasteiger partial charge in [-0.2, -0.15) is 0 Å². The SMILES string of the molecule is CNC(Cc1cc(F)cc(F)c1)CC(C)C(C)(C)C. The molecule has 0 aliphatic rings. The standard InChI is InChI=1S/C16H25F2N/c1-11(16(2,3)4)6-15(19-5)9-12-7-13(17)10-14(18)8-12/h7-8,10-11,15,19H,6,9H2,1-5H3. The predicted octanol–water partition coefficient (Wildman–Crippen LogP) is 4.17. The maximum atomic E-state index is 13.2. The smallest absolute Gasteiger partial charge is 0.126 e. The lowest BCUT2D eigenvalue weighted by atomic mass is 9.78. The summed E-state index contributed by atoms with van der Waals surface area (Å²) in [5, 5.41) is 3.25. The van der Waals surface area contributed by atoms with E-state index in [1.807, 2.05) is 7.05 Å². The van der Waals surface area contributed by atoms with Crippen LogP contribution in [0.1, 0.15) is 39.7 Å². The fourth-order valence-electron chi connectivity index (χ4n) is 2.10. The summed E-state index contributed by atoms with van der Waals surface area (Å²) >= 11 is 0. The number of hydrogen-bond acceptors (Lipinski definition) is 1. The molecule has 1 aromatic rings. The van der Waals surface area contributed by atoms with Gasteiger partial charge in [-0.25, -0.2) is 8.78 Å². The molecule has 3 heteroatoms. The summed E-state index contributed by atoms with van der Waals surface area (Å²) in [7, 11) is 1.90. The van der Waals surface area contributed by atoms with E-state index >= 15 is 0 Å². The van der Waals surface area contributed by atoms with E-state index in [-0.39, 0.29) is 11.5 Å². The van der Waals surface area contributed by atoms with E-state index in [0.717, 1.165) is 12.5 Å². The molecule has 2 atom stereocenters. The Bertz CT molecular complexity index is 389. The molecule has 1 N–H and O–H groups in total. The highest BCUT2D eigenvalue weighted by Crippen LogP contribution is 2.29. The van der Waals surface area contributed by atoms with Crippen molar-refractivity contribution >= 4 is 0 Å². The molecule has 19 heavy (non-hydrogen) atoms. The molecule has 0 amide bonds. The molecule has 1 aromatic carbocycles. The van der Waals surface area contributed by atoms with E-state index in [1.54, 1.807) is 0 Å². The Morgan fingerprint density at radius 3 is 2.05 bits per heavy atom. The lowest BCUT2D eigenvalue weighted by Crippen LogP contribution is -2.33. The van der Waals surface area contributed by atoms with Crippen LogP contribution >= 0.6 is 0 Å². The van der Waals surface area contributed by atoms with Gasteiger partial charge in [-0.1, -0.05) is 27.7 Å². The second-order valence-electron chi connectivity index (χ2n) is 6.47. The number of likely N-dealkylation sites (N-methyl/N-ethyl adjacent to an activating group) is 1. The first-order chi connectivity index (χ1) is 8.72. The van der Waals surface area contributed by atoms with E-state index in [2.05, 4.69) is 33.0 Å². The van der Waals surface area contributed by atoms with Gasteiger partial charge in [-0.15, -0.1) is 0 Å². The van der Waals surface area contributed by atoms with Crippen molar-refractivity contribution in [3.8, 4) is 0 Å². The molecule has 2 unspecified atom stereocenters. The quantitative estimate of drug-likeness (QED) is 0.846. The minimum absolute atomic E-state index is 0.232.